The van der Waals surface area contributed by atoms with E-state index in [1.165, 1.54) is 65.9 Å². The minimum atomic E-state index is -2.11. The summed E-state index contributed by atoms with van der Waals surface area (Å²) in [5.74, 6) is -2.75. The van der Waals surface area contributed by atoms with Crippen molar-refractivity contribution in [3.8, 4) is 17.2 Å². The van der Waals surface area contributed by atoms with Crippen LogP contribution >= 0.6 is 21.6 Å². The Bertz CT molecular complexity index is 1840. The monoisotopic (exact) mass is 725 g/mol. The molecule has 0 spiro atoms. The number of ketones is 3. The molecule has 0 aliphatic heterocycles. The lowest BCUT2D eigenvalue weighted by Crippen LogP contribution is -2.47. The number of fused-ring (bicyclic) bond motifs is 3. The molecular weight excluding hydrogens is 691 g/mol. The summed E-state index contributed by atoms with van der Waals surface area (Å²) in [6, 6.07) is 10.0. The minimum absolute atomic E-state index is 0.0245. The highest BCUT2D eigenvalue weighted by atomic mass is 33.1. The van der Waals surface area contributed by atoms with Gasteiger partial charge in [0.05, 0.1) is 23.8 Å². The third-order valence-electron chi connectivity index (χ3n) is 8.50. The normalized spacial score (nSPS) is 16.1. The van der Waals surface area contributed by atoms with Gasteiger partial charge in [-0.1, -0.05) is 29.0 Å². The molecule has 2 aliphatic rings. The Kier molecular flexibility index (Phi) is 11.2. The Morgan fingerprint density at radius 2 is 1.58 bits per heavy atom. The van der Waals surface area contributed by atoms with Gasteiger partial charge in [-0.3, -0.25) is 14.4 Å². The standard InChI is InChI=1S/C34H35N3O11S2/c1-36(32(43)47-15-16-49-50-24-9-4-5-12-35-24)13-14-37(2)33(44)48-18-23(38)34(45)11-10-19-21(17-34)30(41)26-27(28(19)39)31(42)25-20(29(26)40)7-6-8-22(25)46-3/h4-9,12,39,41,45H,10-11,13-18H2,1-3H3/t34-/m1/s1. The summed E-state index contributed by atoms with van der Waals surface area (Å²) in [6.45, 7) is -0.455. The van der Waals surface area contributed by atoms with Crippen LogP contribution in [-0.2, 0) is 27.1 Å². The molecular formula is C34H35N3O11S2. The van der Waals surface area contributed by atoms with Gasteiger partial charge >= 0.3 is 12.2 Å². The zero-order valence-electron chi connectivity index (χ0n) is 27.5. The van der Waals surface area contributed by atoms with Gasteiger partial charge in [0.15, 0.2) is 12.4 Å². The van der Waals surface area contributed by atoms with Crippen LogP contribution in [0.25, 0.3) is 0 Å². The third-order valence-corrected chi connectivity index (χ3v) is 10.7. The average Bonchev–Trinajstić information content (AvgIpc) is 3.12. The Labute approximate surface area is 295 Å². The summed E-state index contributed by atoms with van der Waals surface area (Å²) >= 11 is 0. The van der Waals surface area contributed by atoms with E-state index in [1.807, 2.05) is 18.2 Å². The summed E-state index contributed by atoms with van der Waals surface area (Å²) < 4.78 is 15.6. The van der Waals surface area contributed by atoms with Crippen molar-refractivity contribution < 1.29 is 53.5 Å². The van der Waals surface area contributed by atoms with Gasteiger partial charge in [0.2, 0.25) is 11.6 Å². The molecule has 2 aromatic carbocycles. The molecule has 264 valence electrons. The Morgan fingerprint density at radius 3 is 2.26 bits per heavy atom. The molecule has 2 amide bonds. The van der Waals surface area contributed by atoms with E-state index in [2.05, 4.69) is 4.98 Å². The van der Waals surface area contributed by atoms with Gasteiger partial charge in [-0.15, -0.1) is 0 Å². The molecule has 1 aromatic heterocycles. The second-order valence-corrected chi connectivity index (χ2v) is 14.1. The lowest BCUT2D eigenvalue weighted by Gasteiger charge is -2.34. The molecule has 16 heteroatoms. The van der Waals surface area contributed by atoms with Crippen molar-refractivity contribution in [1.29, 1.82) is 0 Å². The van der Waals surface area contributed by atoms with Gasteiger partial charge in [-0.05, 0) is 41.8 Å². The number of phenols is 2. The zero-order chi connectivity index (χ0) is 36.2. The SMILES string of the molecule is COc1cccc2c1C(=O)c1c(O)c3c(c(O)c1C2=O)C[C@@](O)(C(=O)COC(=O)N(C)CCN(C)C(=O)OCCSSc1ccccn1)CC3. The fourth-order valence-corrected chi connectivity index (χ4v) is 7.39. The van der Waals surface area contributed by atoms with Crippen molar-refractivity contribution in [2.45, 2.75) is 29.9 Å². The molecule has 0 radical (unpaired) electrons. The summed E-state index contributed by atoms with van der Waals surface area (Å²) in [4.78, 5) is 71.7. The third kappa shape index (κ3) is 7.37. The first-order valence-electron chi connectivity index (χ1n) is 15.5. The fourth-order valence-electron chi connectivity index (χ4n) is 5.69. The van der Waals surface area contributed by atoms with E-state index in [9.17, 15) is 39.3 Å². The van der Waals surface area contributed by atoms with E-state index in [0.29, 0.717) is 5.75 Å². The van der Waals surface area contributed by atoms with Crippen molar-refractivity contribution in [3.63, 3.8) is 0 Å². The van der Waals surface area contributed by atoms with Crippen LogP contribution in [0, 0.1) is 0 Å². The van der Waals surface area contributed by atoms with E-state index >= 15 is 0 Å². The minimum Gasteiger partial charge on any atom is -0.507 e. The van der Waals surface area contributed by atoms with Crippen LogP contribution in [0.2, 0.25) is 0 Å². The number of hydrogen-bond donors (Lipinski definition) is 3. The Morgan fingerprint density at radius 1 is 0.900 bits per heavy atom. The Balaban J connectivity index is 1.14. The number of phenolic OH excluding ortho intramolecular Hbond substituents is 2. The van der Waals surface area contributed by atoms with Gasteiger partial charge in [-0.25, -0.2) is 14.6 Å². The molecule has 0 unspecified atom stereocenters. The number of methoxy groups -OCH3 is 1. The molecule has 3 aromatic rings. The smallest absolute Gasteiger partial charge is 0.409 e. The van der Waals surface area contributed by atoms with Gasteiger partial charge in [0.25, 0.3) is 0 Å². The highest BCUT2D eigenvalue weighted by molar-refractivity contribution is 8.76. The number of Topliss-reactive ketones (excluding diaryl/α,β-unsaturated/α-hetero) is 1. The van der Waals surface area contributed by atoms with E-state index in [-0.39, 0.29) is 66.1 Å². The quantitative estimate of drug-likeness (QED) is 0.109. The van der Waals surface area contributed by atoms with E-state index < -0.39 is 65.2 Å². The first-order chi connectivity index (χ1) is 23.9. The molecule has 3 N–H and O–H groups in total. The maximum atomic E-state index is 13.5. The number of pyridine rings is 1. The fraction of sp³-hybridized carbons (Fsp3) is 0.353. The molecule has 0 bridgehead atoms. The van der Waals surface area contributed by atoms with Crippen LogP contribution in [0.4, 0.5) is 9.59 Å². The predicted molar refractivity (Wildman–Crippen MR) is 182 cm³/mol. The van der Waals surface area contributed by atoms with Crippen LogP contribution in [0.5, 0.6) is 17.2 Å². The number of aromatic hydroxyl groups is 2. The molecule has 2 aliphatic carbocycles. The second-order valence-electron chi connectivity index (χ2n) is 11.7. The van der Waals surface area contributed by atoms with Crippen molar-refractivity contribution in [1.82, 2.24) is 14.8 Å². The van der Waals surface area contributed by atoms with Gasteiger partial charge in [0, 0.05) is 62.2 Å². The lowest BCUT2D eigenvalue weighted by atomic mass is 9.73. The number of benzene rings is 2. The lowest BCUT2D eigenvalue weighted by molar-refractivity contribution is -0.141. The summed E-state index contributed by atoms with van der Waals surface area (Å²) in [5, 5.41) is 34.6. The highest BCUT2D eigenvalue weighted by Gasteiger charge is 2.45. The number of aliphatic hydroxyl groups is 1. The van der Waals surface area contributed by atoms with Crippen molar-refractivity contribution in [2.75, 3.05) is 53.3 Å². The molecule has 1 atom stereocenters. The Hall–Kier alpha value is -4.80. The first-order valence-corrected chi connectivity index (χ1v) is 17.8. The number of aromatic nitrogens is 1. The van der Waals surface area contributed by atoms with Gasteiger partial charge < -0.3 is 39.3 Å². The molecule has 0 saturated heterocycles. The van der Waals surface area contributed by atoms with E-state index in [4.69, 9.17) is 14.2 Å². The number of hydrogen-bond acceptors (Lipinski definition) is 14. The van der Waals surface area contributed by atoms with Gasteiger partial charge in [0.1, 0.15) is 34.5 Å². The largest absolute Gasteiger partial charge is 0.507 e. The number of rotatable bonds is 12. The summed E-state index contributed by atoms with van der Waals surface area (Å²) in [7, 11) is 7.23. The van der Waals surface area contributed by atoms with Gasteiger partial charge in [-0.2, -0.15) is 0 Å². The molecule has 1 heterocycles. The van der Waals surface area contributed by atoms with Crippen molar-refractivity contribution >= 4 is 51.1 Å². The maximum absolute atomic E-state index is 13.5. The number of carbonyl (C=O) groups excluding carboxylic acids is 5. The number of likely N-dealkylation sites (N-methyl/N-ethyl adjacent to an activating group) is 2. The number of carbonyl (C=O) groups is 5. The average molecular weight is 726 g/mol. The van der Waals surface area contributed by atoms with E-state index in [0.717, 1.165) is 9.93 Å². The molecule has 0 saturated carbocycles. The van der Waals surface area contributed by atoms with Crippen molar-refractivity contribution in [3.05, 3.63) is 76.0 Å². The highest BCUT2D eigenvalue weighted by Crippen LogP contribution is 2.48. The topological polar surface area (TPSA) is 193 Å². The first kappa shape index (κ1) is 36.5. The second kappa shape index (κ2) is 15.4. The van der Waals surface area contributed by atoms with E-state index in [1.54, 1.807) is 6.20 Å². The molecule has 5 rings (SSSR count). The summed E-state index contributed by atoms with van der Waals surface area (Å²) in [6.07, 6.45) is -0.594. The molecule has 50 heavy (non-hydrogen) atoms. The maximum Gasteiger partial charge on any atom is 0.409 e. The number of amides is 2. The van der Waals surface area contributed by atoms with Crippen molar-refractivity contribution in [2.24, 2.45) is 0 Å². The molecule has 0 fully saturated rings. The van der Waals surface area contributed by atoms with Crippen LogP contribution in [-0.4, -0.2) is 119 Å². The van der Waals surface area contributed by atoms with Crippen LogP contribution in [0.1, 0.15) is 49.4 Å². The van der Waals surface area contributed by atoms with Crippen LogP contribution in [0.15, 0.2) is 47.6 Å². The zero-order valence-corrected chi connectivity index (χ0v) is 29.1. The molecule has 14 nitrogen and oxygen atoms in total. The van der Waals surface area contributed by atoms with Crippen LogP contribution < -0.4 is 4.74 Å². The number of ether oxygens (including phenoxy) is 3. The van der Waals surface area contributed by atoms with Crippen LogP contribution in [0.3, 0.4) is 0 Å². The predicted octanol–water partition coefficient (Wildman–Crippen LogP) is 3.64. The summed E-state index contributed by atoms with van der Waals surface area (Å²) in [5.41, 5.74) is -2.90. The number of nitrogens with zero attached hydrogens (tertiary/aromatic N) is 3.